The molecule has 8 heteroatoms. The molecular formula is C15H19N3O3S2. The first-order valence-corrected chi connectivity index (χ1v) is 8.75. The van der Waals surface area contributed by atoms with Gasteiger partial charge in [-0.2, -0.15) is 0 Å². The van der Waals surface area contributed by atoms with E-state index < -0.39 is 0 Å². The normalized spacial score (nSPS) is 21.7. The second-order valence-electron chi connectivity index (χ2n) is 5.43. The highest BCUT2D eigenvalue weighted by atomic mass is 32.2. The average Bonchev–Trinajstić information content (AvgIpc) is 3.14. The summed E-state index contributed by atoms with van der Waals surface area (Å²) in [6, 6.07) is 3.64. The molecule has 1 aromatic rings. The van der Waals surface area contributed by atoms with Crippen LogP contribution in [0.5, 0.6) is 0 Å². The predicted molar refractivity (Wildman–Crippen MR) is 92.6 cm³/mol. The zero-order chi connectivity index (χ0) is 16.2. The third-order valence-electron chi connectivity index (χ3n) is 3.89. The molecule has 124 valence electrons. The van der Waals surface area contributed by atoms with Gasteiger partial charge >= 0.3 is 0 Å². The molecule has 0 atom stereocenters. The number of hydrogen-bond acceptors (Lipinski definition) is 7. The van der Waals surface area contributed by atoms with E-state index in [1.54, 1.807) is 17.2 Å². The van der Waals surface area contributed by atoms with E-state index in [-0.39, 0.29) is 12.5 Å². The molecule has 0 aliphatic carbocycles. The van der Waals surface area contributed by atoms with Gasteiger partial charge in [0, 0.05) is 38.9 Å². The first kappa shape index (κ1) is 16.5. The summed E-state index contributed by atoms with van der Waals surface area (Å²) in [6.07, 6.45) is 3.51. The van der Waals surface area contributed by atoms with E-state index in [2.05, 4.69) is 9.80 Å². The van der Waals surface area contributed by atoms with E-state index in [4.69, 9.17) is 21.7 Å². The molecule has 2 aliphatic rings. The van der Waals surface area contributed by atoms with Gasteiger partial charge in [0.15, 0.2) is 0 Å². The summed E-state index contributed by atoms with van der Waals surface area (Å²) in [5.41, 5.74) is 0. The monoisotopic (exact) mass is 353 g/mol. The summed E-state index contributed by atoms with van der Waals surface area (Å²) in [6.45, 7) is 4.75. The standard InChI is InChI=1S/C15H19N3O3S2/c19-8-7-16-3-5-17(6-4-16)11-13-14(20)18(15(22)23-13)10-12-2-1-9-21-12/h1-2,9,11,19H,3-8,10H2/b13-11-. The molecule has 0 spiro atoms. The minimum atomic E-state index is -0.0609. The summed E-state index contributed by atoms with van der Waals surface area (Å²) >= 11 is 6.66. The van der Waals surface area contributed by atoms with Crippen LogP contribution in [0.3, 0.4) is 0 Å². The van der Waals surface area contributed by atoms with Crippen LogP contribution in [0.4, 0.5) is 0 Å². The lowest BCUT2D eigenvalue weighted by Gasteiger charge is -2.33. The Morgan fingerprint density at radius 3 is 2.78 bits per heavy atom. The number of piperazine rings is 1. The van der Waals surface area contributed by atoms with Gasteiger partial charge in [0.1, 0.15) is 10.1 Å². The Bertz CT molecular complexity index is 595. The van der Waals surface area contributed by atoms with Crippen LogP contribution in [-0.2, 0) is 11.3 Å². The van der Waals surface area contributed by atoms with Crippen LogP contribution in [0, 0.1) is 0 Å². The van der Waals surface area contributed by atoms with E-state index in [1.807, 2.05) is 12.3 Å². The number of thioether (sulfide) groups is 1. The Balaban J connectivity index is 1.60. The zero-order valence-electron chi connectivity index (χ0n) is 12.7. The number of amides is 1. The van der Waals surface area contributed by atoms with Crippen LogP contribution < -0.4 is 0 Å². The molecule has 0 bridgehead atoms. The molecule has 3 rings (SSSR count). The van der Waals surface area contributed by atoms with Crippen LogP contribution in [0.2, 0.25) is 0 Å². The molecule has 2 aliphatic heterocycles. The number of aliphatic hydroxyl groups excluding tert-OH is 1. The molecule has 1 aromatic heterocycles. The van der Waals surface area contributed by atoms with E-state index in [0.29, 0.717) is 22.3 Å². The van der Waals surface area contributed by atoms with Gasteiger partial charge in [-0.05, 0) is 12.1 Å². The number of nitrogens with zero attached hydrogens (tertiary/aromatic N) is 3. The van der Waals surface area contributed by atoms with Crippen LogP contribution >= 0.6 is 24.0 Å². The van der Waals surface area contributed by atoms with E-state index in [1.165, 1.54) is 11.8 Å². The minimum Gasteiger partial charge on any atom is -0.467 e. The third-order valence-corrected chi connectivity index (χ3v) is 5.26. The molecule has 0 saturated carbocycles. The second kappa shape index (κ2) is 7.48. The number of hydrogen-bond donors (Lipinski definition) is 1. The first-order valence-electron chi connectivity index (χ1n) is 7.52. The van der Waals surface area contributed by atoms with Crippen molar-refractivity contribution in [1.82, 2.24) is 14.7 Å². The number of thiocarbonyl (C=S) groups is 1. The lowest BCUT2D eigenvalue weighted by atomic mass is 10.3. The van der Waals surface area contributed by atoms with Crippen molar-refractivity contribution >= 4 is 34.2 Å². The van der Waals surface area contributed by atoms with Gasteiger partial charge in [-0.15, -0.1) is 0 Å². The lowest BCUT2D eigenvalue weighted by Crippen LogP contribution is -2.45. The maximum Gasteiger partial charge on any atom is 0.268 e. The SMILES string of the molecule is O=C1/C(=C/N2CCN(CCO)CC2)SC(=S)N1Cc1ccco1. The highest BCUT2D eigenvalue weighted by Crippen LogP contribution is 2.32. The van der Waals surface area contributed by atoms with Crippen molar-refractivity contribution in [3.63, 3.8) is 0 Å². The molecule has 3 heterocycles. The van der Waals surface area contributed by atoms with Gasteiger partial charge in [0.05, 0.1) is 24.3 Å². The van der Waals surface area contributed by atoms with E-state index >= 15 is 0 Å². The molecular weight excluding hydrogens is 334 g/mol. The number of aliphatic hydroxyl groups is 1. The first-order chi connectivity index (χ1) is 11.2. The van der Waals surface area contributed by atoms with Crippen molar-refractivity contribution in [3.05, 3.63) is 35.3 Å². The van der Waals surface area contributed by atoms with Gasteiger partial charge in [-0.3, -0.25) is 14.6 Å². The summed E-state index contributed by atoms with van der Waals surface area (Å²) < 4.78 is 5.86. The average molecular weight is 353 g/mol. The Morgan fingerprint density at radius 2 is 2.13 bits per heavy atom. The fourth-order valence-electron chi connectivity index (χ4n) is 2.61. The van der Waals surface area contributed by atoms with Crippen LogP contribution in [0.25, 0.3) is 0 Å². The van der Waals surface area contributed by atoms with Crippen LogP contribution in [0.1, 0.15) is 5.76 Å². The van der Waals surface area contributed by atoms with Crippen molar-refractivity contribution in [1.29, 1.82) is 0 Å². The van der Waals surface area contributed by atoms with Crippen LogP contribution in [-0.4, -0.2) is 69.4 Å². The van der Waals surface area contributed by atoms with Gasteiger partial charge in [0.2, 0.25) is 0 Å². The quantitative estimate of drug-likeness (QED) is 0.628. The van der Waals surface area contributed by atoms with Gasteiger partial charge in [-0.25, -0.2) is 0 Å². The summed E-state index contributed by atoms with van der Waals surface area (Å²) in [5.74, 6) is 0.661. The Hall–Kier alpha value is -1.35. The fourth-order valence-corrected chi connectivity index (χ4v) is 3.87. The lowest BCUT2D eigenvalue weighted by molar-refractivity contribution is -0.122. The number of carbonyl (C=O) groups excluding carboxylic acids is 1. The number of β-amino-alcohol motifs (C(OH)–C–C–N with tert-alkyl or cyclic N) is 1. The highest BCUT2D eigenvalue weighted by Gasteiger charge is 2.33. The van der Waals surface area contributed by atoms with Crippen molar-refractivity contribution in [3.8, 4) is 0 Å². The van der Waals surface area contributed by atoms with Crippen molar-refractivity contribution in [2.24, 2.45) is 0 Å². The second-order valence-corrected chi connectivity index (χ2v) is 7.11. The van der Waals surface area contributed by atoms with Gasteiger partial charge in [-0.1, -0.05) is 24.0 Å². The van der Waals surface area contributed by atoms with Crippen LogP contribution in [0.15, 0.2) is 33.9 Å². The predicted octanol–water partition coefficient (Wildman–Crippen LogP) is 1.09. The van der Waals surface area contributed by atoms with Gasteiger partial charge < -0.3 is 14.4 Å². The van der Waals surface area contributed by atoms with Crippen molar-refractivity contribution in [2.45, 2.75) is 6.54 Å². The smallest absolute Gasteiger partial charge is 0.268 e. The molecule has 2 fully saturated rings. The van der Waals surface area contributed by atoms with E-state index in [9.17, 15) is 4.79 Å². The molecule has 1 N–H and O–H groups in total. The van der Waals surface area contributed by atoms with Gasteiger partial charge in [0.25, 0.3) is 5.91 Å². The molecule has 23 heavy (non-hydrogen) atoms. The topological polar surface area (TPSA) is 60.2 Å². The zero-order valence-corrected chi connectivity index (χ0v) is 14.3. The maximum atomic E-state index is 12.5. The molecule has 0 radical (unpaired) electrons. The summed E-state index contributed by atoms with van der Waals surface area (Å²) in [7, 11) is 0. The van der Waals surface area contributed by atoms with Crippen molar-refractivity contribution in [2.75, 3.05) is 39.3 Å². The number of carbonyl (C=O) groups is 1. The Kier molecular flexibility index (Phi) is 5.37. The minimum absolute atomic E-state index is 0.0609. The number of furan rings is 1. The molecule has 0 unspecified atom stereocenters. The Labute approximate surface area is 144 Å². The largest absolute Gasteiger partial charge is 0.467 e. The molecule has 6 nitrogen and oxygen atoms in total. The highest BCUT2D eigenvalue weighted by molar-refractivity contribution is 8.26. The number of rotatable bonds is 5. The molecule has 0 aromatic carbocycles. The molecule has 1 amide bonds. The Morgan fingerprint density at radius 1 is 1.35 bits per heavy atom. The van der Waals surface area contributed by atoms with E-state index in [0.717, 1.165) is 31.9 Å². The summed E-state index contributed by atoms with van der Waals surface area (Å²) in [5, 5.41) is 8.97. The third kappa shape index (κ3) is 3.95. The summed E-state index contributed by atoms with van der Waals surface area (Å²) in [4.78, 5) is 19.1. The van der Waals surface area contributed by atoms with Crippen molar-refractivity contribution < 1.29 is 14.3 Å². The maximum absolute atomic E-state index is 12.5. The molecule has 2 saturated heterocycles. The fraction of sp³-hybridized carbons (Fsp3) is 0.467.